The molecule has 1 fully saturated rings. The first kappa shape index (κ1) is 18.4. The summed E-state index contributed by atoms with van der Waals surface area (Å²) in [6, 6.07) is 27.4. The van der Waals surface area contributed by atoms with E-state index in [2.05, 4.69) is 0 Å². The van der Waals surface area contributed by atoms with E-state index in [1.807, 2.05) is 89.8 Å². The van der Waals surface area contributed by atoms with Gasteiger partial charge in [-0.2, -0.15) is 0 Å². The molecule has 4 nitrogen and oxygen atoms in total. The molecule has 138 valence electrons. The number of para-hydroxylation sites is 2. The summed E-state index contributed by atoms with van der Waals surface area (Å²) in [5, 5.41) is 0.774. The van der Waals surface area contributed by atoms with Crippen LogP contribution in [-0.4, -0.2) is 22.3 Å². The zero-order valence-corrected chi connectivity index (χ0v) is 16.8. The fourth-order valence-electron chi connectivity index (χ4n) is 2.73. The first-order chi connectivity index (χ1) is 13.7. The number of thiocarbonyl (C=S) groups is 1. The molecule has 1 aliphatic heterocycles. The minimum absolute atomic E-state index is 0.689. The lowest BCUT2D eigenvalue weighted by Gasteiger charge is -2.18. The summed E-state index contributed by atoms with van der Waals surface area (Å²) >= 11 is 7.11. The molecule has 3 aromatic rings. The second kappa shape index (κ2) is 8.37. The van der Waals surface area contributed by atoms with Gasteiger partial charge in [0.1, 0.15) is 10.8 Å². The number of thioether (sulfide) groups is 1. The van der Waals surface area contributed by atoms with Crippen LogP contribution in [-0.2, 0) is 0 Å². The molecule has 1 saturated heterocycles. The van der Waals surface area contributed by atoms with Gasteiger partial charge in [-0.1, -0.05) is 48.6 Å². The van der Waals surface area contributed by atoms with Crippen molar-refractivity contribution in [2.24, 2.45) is 9.98 Å². The van der Waals surface area contributed by atoms with E-state index in [9.17, 15) is 0 Å². The predicted octanol–water partition coefficient (Wildman–Crippen LogP) is 5.99. The molecule has 1 heterocycles. The largest absolute Gasteiger partial charge is 0.497 e. The van der Waals surface area contributed by atoms with Crippen molar-refractivity contribution >= 4 is 56.2 Å². The average Bonchev–Trinajstić information content (AvgIpc) is 3.04. The minimum atomic E-state index is 0.689. The van der Waals surface area contributed by atoms with E-state index in [1.165, 1.54) is 11.8 Å². The van der Waals surface area contributed by atoms with Gasteiger partial charge in [0, 0.05) is 5.69 Å². The van der Waals surface area contributed by atoms with Gasteiger partial charge in [-0.05, 0) is 60.3 Å². The maximum atomic E-state index is 5.67. The number of methoxy groups -OCH3 is 1. The Bertz CT molecular complexity index is 1030. The molecule has 3 aromatic carbocycles. The lowest BCUT2D eigenvalue weighted by molar-refractivity contribution is 0.415. The summed E-state index contributed by atoms with van der Waals surface area (Å²) in [7, 11) is 1.65. The summed E-state index contributed by atoms with van der Waals surface area (Å²) in [6.07, 6.45) is 0. The molecule has 0 unspecified atom stereocenters. The van der Waals surface area contributed by atoms with E-state index in [0.717, 1.165) is 33.7 Å². The number of nitrogens with zero attached hydrogens (tertiary/aromatic N) is 3. The molecule has 0 radical (unpaired) electrons. The maximum absolute atomic E-state index is 5.67. The molecule has 0 spiro atoms. The van der Waals surface area contributed by atoms with Crippen LogP contribution in [0.15, 0.2) is 94.9 Å². The molecular weight excluding hydrogens is 386 g/mol. The van der Waals surface area contributed by atoms with Crippen molar-refractivity contribution in [3.05, 3.63) is 84.9 Å². The molecular formula is C22H17N3OS2. The van der Waals surface area contributed by atoms with Crippen LogP contribution in [0.2, 0.25) is 0 Å². The normalized spacial score (nSPS) is 16.8. The van der Waals surface area contributed by atoms with Crippen LogP contribution in [0.3, 0.4) is 0 Å². The summed E-state index contributed by atoms with van der Waals surface area (Å²) in [6.45, 7) is 0. The first-order valence-corrected chi connectivity index (χ1v) is 9.91. The molecule has 0 N–H and O–H groups in total. The molecule has 4 rings (SSSR count). The SMILES string of the molecule is COc1ccc(N2C(=S)SC(=Nc3ccccc3)C2=Nc2ccccc2)cc1. The molecule has 0 aliphatic carbocycles. The number of ether oxygens (including phenoxy) is 1. The highest BCUT2D eigenvalue weighted by molar-refractivity contribution is 8.35. The molecule has 0 bridgehead atoms. The van der Waals surface area contributed by atoms with Gasteiger partial charge in [-0.15, -0.1) is 0 Å². The fourth-order valence-corrected chi connectivity index (χ4v) is 3.99. The third-order valence-electron chi connectivity index (χ3n) is 4.08. The van der Waals surface area contributed by atoms with Crippen LogP contribution in [0.25, 0.3) is 0 Å². The average molecular weight is 404 g/mol. The molecule has 0 atom stereocenters. The summed E-state index contributed by atoms with van der Waals surface area (Å²) in [4.78, 5) is 11.6. The van der Waals surface area contributed by atoms with Gasteiger partial charge in [-0.25, -0.2) is 9.98 Å². The lowest BCUT2D eigenvalue weighted by atomic mass is 10.2. The quantitative estimate of drug-likeness (QED) is 0.501. The van der Waals surface area contributed by atoms with Crippen LogP contribution in [0.4, 0.5) is 17.1 Å². The molecule has 0 saturated carbocycles. The number of benzene rings is 3. The molecule has 6 heteroatoms. The molecule has 1 aliphatic rings. The van der Waals surface area contributed by atoms with Gasteiger partial charge in [0.15, 0.2) is 10.2 Å². The van der Waals surface area contributed by atoms with Crippen molar-refractivity contribution < 1.29 is 4.74 Å². The Balaban J connectivity index is 1.80. The highest BCUT2D eigenvalue weighted by atomic mass is 32.2. The van der Waals surface area contributed by atoms with Crippen molar-refractivity contribution in [3.8, 4) is 5.75 Å². The monoisotopic (exact) mass is 403 g/mol. The highest BCUT2D eigenvalue weighted by Crippen LogP contribution is 2.33. The minimum Gasteiger partial charge on any atom is -0.497 e. The van der Waals surface area contributed by atoms with Crippen LogP contribution in [0, 0.1) is 0 Å². The Morgan fingerprint density at radius 3 is 1.93 bits per heavy atom. The van der Waals surface area contributed by atoms with Crippen LogP contribution in [0.1, 0.15) is 0 Å². The topological polar surface area (TPSA) is 37.2 Å². The fraction of sp³-hybridized carbons (Fsp3) is 0.0455. The Morgan fingerprint density at radius 2 is 1.36 bits per heavy atom. The van der Waals surface area contributed by atoms with Crippen molar-refractivity contribution in [3.63, 3.8) is 0 Å². The van der Waals surface area contributed by atoms with Crippen LogP contribution >= 0.6 is 24.0 Å². The van der Waals surface area contributed by atoms with E-state index in [0.29, 0.717) is 4.32 Å². The zero-order valence-electron chi connectivity index (χ0n) is 15.1. The van der Waals surface area contributed by atoms with Crippen molar-refractivity contribution in [1.29, 1.82) is 0 Å². The van der Waals surface area contributed by atoms with Gasteiger partial charge in [-0.3, -0.25) is 4.90 Å². The van der Waals surface area contributed by atoms with Gasteiger partial charge in [0.25, 0.3) is 0 Å². The van der Waals surface area contributed by atoms with Crippen LogP contribution < -0.4 is 9.64 Å². The Hall–Kier alpha value is -2.96. The molecule has 0 aromatic heterocycles. The smallest absolute Gasteiger partial charge is 0.172 e. The van der Waals surface area contributed by atoms with E-state index < -0.39 is 0 Å². The molecule has 28 heavy (non-hydrogen) atoms. The van der Waals surface area contributed by atoms with Crippen molar-refractivity contribution in [2.45, 2.75) is 0 Å². The summed E-state index contributed by atoms with van der Waals surface area (Å²) < 4.78 is 5.96. The lowest BCUT2D eigenvalue weighted by Crippen LogP contribution is -2.29. The third-order valence-corrected chi connectivity index (χ3v) is 5.34. The first-order valence-electron chi connectivity index (χ1n) is 8.68. The van der Waals surface area contributed by atoms with E-state index in [4.69, 9.17) is 26.9 Å². The second-order valence-corrected chi connectivity index (χ2v) is 7.55. The standard InChI is InChI=1S/C22H17N3OS2/c1-26-19-14-12-18(13-15-19)25-20(23-16-8-4-2-5-9-16)21(28-22(25)27)24-17-10-6-3-7-11-17/h2-15H,1H3. The second-order valence-electron chi connectivity index (χ2n) is 5.92. The number of amidine groups is 1. The van der Waals surface area contributed by atoms with E-state index in [-0.39, 0.29) is 0 Å². The number of hydrogen-bond donors (Lipinski definition) is 0. The van der Waals surface area contributed by atoms with Crippen molar-refractivity contribution in [1.82, 2.24) is 0 Å². The molecule has 0 amide bonds. The maximum Gasteiger partial charge on any atom is 0.172 e. The summed E-state index contributed by atoms with van der Waals surface area (Å²) in [5.41, 5.74) is 2.64. The van der Waals surface area contributed by atoms with Gasteiger partial charge in [0.05, 0.1) is 18.5 Å². The van der Waals surface area contributed by atoms with Crippen LogP contribution in [0.5, 0.6) is 5.75 Å². The van der Waals surface area contributed by atoms with E-state index >= 15 is 0 Å². The third kappa shape index (κ3) is 3.98. The summed E-state index contributed by atoms with van der Waals surface area (Å²) in [5.74, 6) is 1.51. The van der Waals surface area contributed by atoms with Crippen molar-refractivity contribution in [2.75, 3.05) is 12.0 Å². The Kier molecular flexibility index (Phi) is 5.50. The predicted molar refractivity (Wildman–Crippen MR) is 123 cm³/mol. The Labute approximate surface area is 173 Å². The van der Waals surface area contributed by atoms with Gasteiger partial charge < -0.3 is 4.74 Å². The highest BCUT2D eigenvalue weighted by Gasteiger charge is 2.33. The Morgan fingerprint density at radius 1 is 0.786 bits per heavy atom. The van der Waals surface area contributed by atoms with Gasteiger partial charge >= 0.3 is 0 Å². The number of anilines is 1. The number of hydrogen-bond acceptors (Lipinski definition) is 5. The number of rotatable bonds is 4. The van der Waals surface area contributed by atoms with E-state index in [1.54, 1.807) is 7.11 Å². The zero-order chi connectivity index (χ0) is 19.3. The van der Waals surface area contributed by atoms with Gasteiger partial charge in [0.2, 0.25) is 0 Å². The number of aliphatic imine (C=N–C) groups is 2.